The Morgan fingerprint density at radius 1 is 1.21 bits per heavy atom. The second-order valence-corrected chi connectivity index (χ2v) is 6.42. The number of nitrogens with one attached hydrogen (secondary N) is 3. The van der Waals surface area contributed by atoms with Gasteiger partial charge in [-0.15, -0.1) is 0 Å². The van der Waals surface area contributed by atoms with Gasteiger partial charge in [0.2, 0.25) is 5.91 Å². The maximum atomic E-state index is 11.8. The van der Waals surface area contributed by atoms with Gasteiger partial charge in [0, 0.05) is 6.42 Å². The minimum atomic E-state index is -0.385. The molecule has 0 spiro atoms. The van der Waals surface area contributed by atoms with E-state index in [-0.39, 0.29) is 23.5 Å². The number of hydrogen-bond acceptors (Lipinski definition) is 4. The van der Waals surface area contributed by atoms with E-state index in [2.05, 4.69) is 16.2 Å². The highest BCUT2D eigenvalue weighted by molar-refractivity contribution is 7.80. The van der Waals surface area contributed by atoms with E-state index in [0.29, 0.717) is 18.1 Å². The largest absolute Gasteiger partial charge is 0.484 e. The van der Waals surface area contributed by atoms with E-state index in [1.807, 2.05) is 25.1 Å². The summed E-state index contributed by atoms with van der Waals surface area (Å²) in [4.78, 5) is 23.5. The third-order valence-electron chi connectivity index (χ3n) is 3.88. The number of hydrazine groups is 1. The summed E-state index contributed by atoms with van der Waals surface area (Å²) in [5.74, 6) is 0.566. The maximum Gasteiger partial charge on any atom is 0.276 e. The fourth-order valence-electron chi connectivity index (χ4n) is 2.70. The van der Waals surface area contributed by atoms with Crippen molar-refractivity contribution in [3.63, 3.8) is 0 Å². The lowest BCUT2D eigenvalue weighted by Gasteiger charge is -2.13. The molecule has 1 fully saturated rings. The predicted octanol–water partition coefficient (Wildman–Crippen LogP) is 1.98. The molecule has 0 unspecified atom stereocenters. The van der Waals surface area contributed by atoms with Crippen molar-refractivity contribution in [2.24, 2.45) is 5.92 Å². The van der Waals surface area contributed by atoms with Crippen LogP contribution in [-0.4, -0.2) is 23.5 Å². The Morgan fingerprint density at radius 3 is 2.67 bits per heavy atom. The number of aryl methyl sites for hydroxylation is 1. The van der Waals surface area contributed by atoms with Gasteiger partial charge in [-0.25, -0.2) is 0 Å². The van der Waals surface area contributed by atoms with E-state index in [9.17, 15) is 9.59 Å². The Labute approximate surface area is 147 Å². The molecule has 1 aliphatic rings. The van der Waals surface area contributed by atoms with Gasteiger partial charge in [-0.1, -0.05) is 25.0 Å². The van der Waals surface area contributed by atoms with Crippen molar-refractivity contribution in [2.75, 3.05) is 6.61 Å². The Balaban J connectivity index is 1.61. The van der Waals surface area contributed by atoms with E-state index in [4.69, 9.17) is 17.0 Å². The summed E-state index contributed by atoms with van der Waals surface area (Å²) in [6, 6.07) is 7.42. The zero-order valence-corrected chi connectivity index (χ0v) is 14.6. The summed E-state index contributed by atoms with van der Waals surface area (Å²) in [5.41, 5.74) is 5.96. The fourth-order valence-corrected chi connectivity index (χ4v) is 2.87. The number of hydrogen-bond donors (Lipinski definition) is 3. The zero-order valence-electron chi connectivity index (χ0n) is 13.8. The van der Waals surface area contributed by atoms with Gasteiger partial charge >= 0.3 is 0 Å². The molecule has 0 bridgehead atoms. The molecule has 2 rings (SSSR count). The average Bonchev–Trinajstić information content (AvgIpc) is 3.03. The van der Waals surface area contributed by atoms with Crippen LogP contribution in [0.3, 0.4) is 0 Å². The summed E-state index contributed by atoms with van der Waals surface area (Å²) in [7, 11) is 0. The predicted molar refractivity (Wildman–Crippen MR) is 95.3 cm³/mol. The van der Waals surface area contributed by atoms with Crippen LogP contribution in [0, 0.1) is 12.8 Å². The second-order valence-electron chi connectivity index (χ2n) is 6.01. The van der Waals surface area contributed by atoms with Gasteiger partial charge in [0.05, 0.1) is 0 Å². The Kier molecular flexibility index (Phi) is 6.99. The number of ether oxygens (including phenoxy) is 1. The Hall–Kier alpha value is -2.15. The highest BCUT2D eigenvalue weighted by Gasteiger charge is 2.18. The molecule has 24 heavy (non-hydrogen) atoms. The fraction of sp³-hybridized carbons (Fsp3) is 0.471. The molecule has 0 radical (unpaired) electrons. The molecule has 7 heteroatoms. The van der Waals surface area contributed by atoms with Gasteiger partial charge in [0.1, 0.15) is 5.75 Å². The van der Waals surface area contributed by atoms with Crippen LogP contribution in [0.25, 0.3) is 0 Å². The van der Waals surface area contributed by atoms with Crippen LogP contribution in [0.1, 0.15) is 37.7 Å². The smallest absolute Gasteiger partial charge is 0.276 e. The van der Waals surface area contributed by atoms with Crippen molar-refractivity contribution >= 4 is 29.1 Å². The van der Waals surface area contributed by atoms with Gasteiger partial charge < -0.3 is 10.1 Å². The van der Waals surface area contributed by atoms with Crippen LogP contribution in [-0.2, 0) is 9.59 Å². The van der Waals surface area contributed by atoms with Crippen molar-refractivity contribution in [1.82, 2.24) is 16.2 Å². The van der Waals surface area contributed by atoms with Crippen LogP contribution in [0.5, 0.6) is 5.75 Å². The van der Waals surface area contributed by atoms with Crippen LogP contribution < -0.4 is 20.9 Å². The highest BCUT2D eigenvalue weighted by atomic mass is 32.1. The molecular formula is C17H23N3O3S. The topological polar surface area (TPSA) is 79.5 Å². The third kappa shape index (κ3) is 6.54. The van der Waals surface area contributed by atoms with Gasteiger partial charge in [0.25, 0.3) is 5.91 Å². The second kappa shape index (κ2) is 9.22. The van der Waals surface area contributed by atoms with Crippen LogP contribution in [0.4, 0.5) is 0 Å². The lowest BCUT2D eigenvalue weighted by molar-refractivity contribution is -0.124. The standard InChI is InChI=1S/C17H23N3O3S/c1-12-5-4-8-14(9-12)23-11-16(22)19-20-17(24)18-15(21)10-13-6-2-3-7-13/h4-5,8-9,13H,2-3,6-7,10-11H2,1H3,(H,19,22)(H2,18,20,21,24). The van der Waals surface area contributed by atoms with E-state index in [1.54, 1.807) is 6.07 Å². The average molecular weight is 349 g/mol. The van der Waals surface area contributed by atoms with E-state index < -0.39 is 0 Å². The van der Waals surface area contributed by atoms with Gasteiger partial charge in [-0.05, 0) is 55.6 Å². The first-order chi connectivity index (χ1) is 11.5. The lowest BCUT2D eigenvalue weighted by Crippen LogP contribution is -2.49. The van der Waals surface area contributed by atoms with Crippen LogP contribution >= 0.6 is 12.2 Å². The molecule has 1 aromatic carbocycles. The monoisotopic (exact) mass is 349 g/mol. The van der Waals surface area contributed by atoms with E-state index in [1.165, 1.54) is 12.8 Å². The molecule has 3 N–H and O–H groups in total. The summed E-state index contributed by atoms with van der Waals surface area (Å²) < 4.78 is 5.37. The first-order valence-corrected chi connectivity index (χ1v) is 8.52. The van der Waals surface area contributed by atoms with Crippen molar-refractivity contribution in [1.29, 1.82) is 0 Å². The number of amides is 2. The van der Waals surface area contributed by atoms with Crippen molar-refractivity contribution in [2.45, 2.75) is 39.0 Å². The van der Waals surface area contributed by atoms with Crippen molar-refractivity contribution in [3.8, 4) is 5.75 Å². The van der Waals surface area contributed by atoms with Crippen molar-refractivity contribution < 1.29 is 14.3 Å². The van der Waals surface area contributed by atoms with Crippen LogP contribution in [0.2, 0.25) is 0 Å². The number of thiocarbonyl (C=S) groups is 1. The number of carbonyl (C=O) groups excluding carboxylic acids is 2. The summed E-state index contributed by atoms with van der Waals surface area (Å²) in [6.07, 6.45) is 5.06. The molecule has 1 aliphatic carbocycles. The van der Waals surface area contributed by atoms with Gasteiger partial charge in [-0.2, -0.15) is 0 Å². The van der Waals surface area contributed by atoms with E-state index in [0.717, 1.165) is 18.4 Å². The molecule has 0 atom stereocenters. The highest BCUT2D eigenvalue weighted by Crippen LogP contribution is 2.27. The van der Waals surface area contributed by atoms with Gasteiger partial charge in [-0.3, -0.25) is 20.4 Å². The maximum absolute atomic E-state index is 11.8. The first kappa shape index (κ1) is 18.2. The first-order valence-electron chi connectivity index (χ1n) is 8.11. The SMILES string of the molecule is Cc1cccc(OCC(=O)NNC(=S)NC(=O)CC2CCCC2)c1. The molecule has 1 saturated carbocycles. The number of benzene rings is 1. The zero-order chi connectivity index (χ0) is 17.4. The van der Waals surface area contributed by atoms with Crippen molar-refractivity contribution in [3.05, 3.63) is 29.8 Å². The summed E-state index contributed by atoms with van der Waals surface area (Å²) in [5, 5.41) is 2.65. The molecule has 0 aliphatic heterocycles. The Morgan fingerprint density at radius 2 is 1.96 bits per heavy atom. The molecule has 0 aromatic heterocycles. The minimum absolute atomic E-state index is 0.0851. The van der Waals surface area contributed by atoms with Gasteiger partial charge in [0.15, 0.2) is 11.7 Å². The molecule has 2 amide bonds. The molecule has 130 valence electrons. The third-order valence-corrected chi connectivity index (χ3v) is 4.08. The molecule has 0 heterocycles. The minimum Gasteiger partial charge on any atom is -0.484 e. The lowest BCUT2D eigenvalue weighted by atomic mass is 10.0. The molecule has 6 nitrogen and oxygen atoms in total. The molecular weight excluding hydrogens is 326 g/mol. The molecule has 0 saturated heterocycles. The quantitative estimate of drug-likeness (QED) is 0.559. The summed E-state index contributed by atoms with van der Waals surface area (Å²) >= 11 is 4.99. The van der Waals surface area contributed by atoms with E-state index >= 15 is 0 Å². The number of carbonyl (C=O) groups is 2. The normalized spacial score (nSPS) is 14.0. The molecule has 1 aromatic rings. The number of rotatable bonds is 5. The van der Waals surface area contributed by atoms with Crippen LogP contribution in [0.15, 0.2) is 24.3 Å². The summed E-state index contributed by atoms with van der Waals surface area (Å²) in [6.45, 7) is 1.80. The Bertz CT molecular complexity index is 600.